The molecule has 98 valence electrons. The van der Waals surface area contributed by atoms with Crippen molar-refractivity contribution in [2.24, 2.45) is 0 Å². The molecule has 0 saturated heterocycles. The van der Waals surface area contributed by atoms with Crippen LogP contribution in [0, 0.1) is 6.92 Å². The van der Waals surface area contributed by atoms with E-state index in [4.69, 9.17) is 17.3 Å². The second-order valence-electron chi connectivity index (χ2n) is 4.18. The van der Waals surface area contributed by atoms with Crippen LogP contribution in [0.5, 0.6) is 5.75 Å². The maximum absolute atomic E-state index is 12.0. The Morgan fingerprint density at radius 3 is 2.74 bits per heavy atom. The molecule has 5 heteroatoms. The number of carbonyl (C=O) groups excluding carboxylic acids is 1. The molecule has 4 N–H and O–H groups in total. The standard InChI is InChI=1S/C14H13ClN2O2/c1-8-5-6-12(10(15)7-8)17-14(19)9-3-2-4-11(16)13(9)18/h2-7,18H,16H2,1H3,(H,17,19). The smallest absolute Gasteiger partial charge is 0.259 e. The number of hydrogen-bond donors (Lipinski definition) is 3. The van der Waals surface area contributed by atoms with Gasteiger partial charge in [0.05, 0.1) is 22.0 Å². The molecule has 0 radical (unpaired) electrons. The second-order valence-corrected chi connectivity index (χ2v) is 4.59. The molecule has 1 amide bonds. The van der Waals surface area contributed by atoms with Crippen LogP contribution < -0.4 is 11.1 Å². The van der Waals surface area contributed by atoms with Gasteiger partial charge in [0.1, 0.15) is 0 Å². The average molecular weight is 277 g/mol. The third-order valence-corrected chi connectivity index (χ3v) is 3.00. The number of aromatic hydroxyl groups is 1. The van der Waals surface area contributed by atoms with Gasteiger partial charge in [0.25, 0.3) is 5.91 Å². The van der Waals surface area contributed by atoms with E-state index in [0.29, 0.717) is 10.7 Å². The minimum Gasteiger partial charge on any atom is -0.505 e. The Balaban J connectivity index is 2.28. The maximum atomic E-state index is 12.0. The number of nitrogens with two attached hydrogens (primary N) is 1. The van der Waals surface area contributed by atoms with Crippen molar-refractivity contribution in [2.75, 3.05) is 11.1 Å². The van der Waals surface area contributed by atoms with Crippen LogP contribution in [-0.2, 0) is 0 Å². The summed E-state index contributed by atoms with van der Waals surface area (Å²) >= 11 is 6.03. The van der Waals surface area contributed by atoms with E-state index in [1.54, 1.807) is 18.2 Å². The third-order valence-electron chi connectivity index (χ3n) is 2.68. The molecule has 0 aromatic heterocycles. The molecule has 0 unspecified atom stereocenters. The molecule has 0 spiro atoms. The highest BCUT2D eigenvalue weighted by molar-refractivity contribution is 6.34. The second kappa shape index (κ2) is 5.20. The summed E-state index contributed by atoms with van der Waals surface area (Å²) in [6.45, 7) is 1.90. The molecule has 0 aliphatic heterocycles. The van der Waals surface area contributed by atoms with Gasteiger partial charge in [-0.2, -0.15) is 0 Å². The monoisotopic (exact) mass is 276 g/mol. The Bertz CT molecular complexity index is 641. The Labute approximate surface area is 115 Å². The number of nitrogen functional groups attached to an aromatic ring is 1. The summed E-state index contributed by atoms with van der Waals surface area (Å²) in [7, 11) is 0. The van der Waals surface area contributed by atoms with Crippen LogP contribution in [0.3, 0.4) is 0 Å². The lowest BCUT2D eigenvalue weighted by molar-refractivity contribution is 0.102. The topological polar surface area (TPSA) is 75.4 Å². The van der Waals surface area contributed by atoms with Crippen LogP contribution in [0.1, 0.15) is 15.9 Å². The van der Waals surface area contributed by atoms with Crippen molar-refractivity contribution in [1.29, 1.82) is 0 Å². The van der Waals surface area contributed by atoms with Gasteiger partial charge in [0.2, 0.25) is 0 Å². The zero-order chi connectivity index (χ0) is 14.0. The van der Waals surface area contributed by atoms with E-state index >= 15 is 0 Å². The molecule has 0 heterocycles. The quantitative estimate of drug-likeness (QED) is 0.582. The molecule has 0 aliphatic rings. The number of phenols is 1. The summed E-state index contributed by atoms with van der Waals surface area (Å²) in [5.74, 6) is -0.696. The minimum absolute atomic E-state index is 0.108. The number of para-hydroxylation sites is 1. The van der Waals surface area contributed by atoms with Gasteiger partial charge >= 0.3 is 0 Å². The van der Waals surface area contributed by atoms with E-state index in [0.717, 1.165) is 5.56 Å². The molecule has 2 aromatic rings. The van der Waals surface area contributed by atoms with E-state index in [1.807, 2.05) is 13.0 Å². The fourth-order valence-corrected chi connectivity index (χ4v) is 1.94. The number of halogens is 1. The number of aryl methyl sites for hydroxylation is 1. The van der Waals surface area contributed by atoms with Crippen molar-refractivity contribution in [1.82, 2.24) is 0 Å². The van der Waals surface area contributed by atoms with E-state index in [2.05, 4.69) is 5.32 Å². The highest BCUT2D eigenvalue weighted by Crippen LogP contribution is 2.27. The SMILES string of the molecule is Cc1ccc(NC(=O)c2cccc(N)c2O)c(Cl)c1. The molecule has 0 atom stereocenters. The van der Waals surface area contributed by atoms with E-state index in [1.165, 1.54) is 12.1 Å². The number of nitrogens with one attached hydrogen (secondary N) is 1. The third kappa shape index (κ3) is 2.80. The summed E-state index contributed by atoms with van der Waals surface area (Å²) in [6.07, 6.45) is 0. The van der Waals surface area contributed by atoms with Crippen LogP contribution in [0.15, 0.2) is 36.4 Å². The Kier molecular flexibility index (Phi) is 3.62. The number of rotatable bonds is 2. The molecule has 0 fully saturated rings. The highest BCUT2D eigenvalue weighted by Gasteiger charge is 2.14. The van der Waals surface area contributed by atoms with Gasteiger partial charge in [-0.3, -0.25) is 4.79 Å². The van der Waals surface area contributed by atoms with Gasteiger partial charge in [-0.25, -0.2) is 0 Å². The normalized spacial score (nSPS) is 10.2. The lowest BCUT2D eigenvalue weighted by atomic mass is 10.1. The molecule has 19 heavy (non-hydrogen) atoms. The van der Waals surface area contributed by atoms with Crippen molar-refractivity contribution < 1.29 is 9.90 Å². The first-order chi connectivity index (χ1) is 8.99. The zero-order valence-corrected chi connectivity index (χ0v) is 11.0. The number of anilines is 2. The van der Waals surface area contributed by atoms with Crippen molar-refractivity contribution in [3.8, 4) is 5.75 Å². The number of benzene rings is 2. The fourth-order valence-electron chi connectivity index (χ4n) is 1.66. The van der Waals surface area contributed by atoms with Gasteiger partial charge in [-0.1, -0.05) is 23.7 Å². The van der Waals surface area contributed by atoms with E-state index in [9.17, 15) is 9.90 Å². The maximum Gasteiger partial charge on any atom is 0.259 e. The summed E-state index contributed by atoms with van der Waals surface area (Å²) in [5.41, 5.74) is 7.29. The van der Waals surface area contributed by atoms with Gasteiger partial charge < -0.3 is 16.2 Å². The number of phenolic OH excluding ortho intramolecular Hbond substituents is 1. The van der Waals surface area contributed by atoms with Crippen LogP contribution in [0.2, 0.25) is 5.02 Å². The van der Waals surface area contributed by atoms with E-state index < -0.39 is 5.91 Å². The van der Waals surface area contributed by atoms with Crippen molar-refractivity contribution in [3.63, 3.8) is 0 Å². The van der Waals surface area contributed by atoms with Crippen LogP contribution in [0.4, 0.5) is 11.4 Å². The van der Waals surface area contributed by atoms with Crippen molar-refractivity contribution in [3.05, 3.63) is 52.5 Å². The summed E-state index contributed by atoms with van der Waals surface area (Å²) in [6, 6.07) is 9.89. The Morgan fingerprint density at radius 1 is 1.32 bits per heavy atom. The summed E-state index contributed by atoms with van der Waals surface area (Å²) < 4.78 is 0. The lowest BCUT2D eigenvalue weighted by Gasteiger charge is -2.10. The first-order valence-corrected chi connectivity index (χ1v) is 6.02. The number of hydrogen-bond acceptors (Lipinski definition) is 3. The van der Waals surface area contributed by atoms with Crippen LogP contribution in [0.25, 0.3) is 0 Å². The minimum atomic E-state index is -0.462. The molecule has 4 nitrogen and oxygen atoms in total. The highest BCUT2D eigenvalue weighted by atomic mass is 35.5. The van der Waals surface area contributed by atoms with Crippen LogP contribution in [-0.4, -0.2) is 11.0 Å². The molecular weight excluding hydrogens is 264 g/mol. The number of carbonyl (C=O) groups is 1. The molecule has 0 saturated carbocycles. The Morgan fingerprint density at radius 2 is 2.05 bits per heavy atom. The first kappa shape index (κ1) is 13.2. The van der Waals surface area contributed by atoms with Gasteiger partial charge in [-0.15, -0.1) is 0 Å². The average Bonchev–Trinajstić information content (AvgIpc) is 2.36. The molecular formula is C14H13ClN2O2. The first-order valence-electron chi connectivity index (χ1n) is 5.64. The molecule has 2 aromatic carbocycles. The Hall–Kier alpha value is -2.20. The lowest BCUT2D eigenvalue weighted by Crippen LogP contribution is -2.13. The zero-order valence-electron chi connectivity index (χ0n) is 10.3. The predicted octanol–water partition coefficient (Wildman–Crippen LogP) is 3.19. The van der Waals surface area contributed by atoms with Crippen LogP contribution >= 0.6 is 11.6 Å². The van der Waals surface area contributed by atoms with Gasteiger partial charge in [0.15, 0.2) is 5.75 Å². The molecule has 2 rings (SSSR count). The summed E-state index contributed by atoms with van der Waals surface area (Å²) in [5, 5.41) is 12.8. The fraction of sp³-hybridized carbons (Fsp3) is 0.0714. The summed E-state index contributed by atoms with van der Waals surface area (Å²) in [4.78, 5) is 12.0. The van der Waals surface area contributed by atoms with Crippen molar-refractivity contribution >= 4 is 28.9 Å². The molecule has 0 bridgehead atoms. The van der Waals surface area contributed by atoms with Gasteiger partial charge in [-0.05, 0) is 36.8 Å². The largest absolute Gasteiger partial charge is 0.505 e. The van der Waals surface area contributed by atoms with E-state index in [-0.39, 0.29) is 17.0 Å². The predicted molar refractivity (Wildman–Crippen MR) is 76.7 cm³/mol. The molecule has 0 aliphatic carbocycles. The number of amides is 1. The van der Waals surface area contributed by atoms with Crippen molar-refractivity contribution in [2.45, 2.75) is 6.92 Å². The van der Waals surface area contributed by atoms with Gasteiger partial charge in [0, 0.05) is 0 Å².